The standard InChI is InChI=1S/C33H23F3N2O4S/c34-33(35,36)26-14-4-5-15-27(26)38-31(40)29(21-8-2-1-3-9-21)43-23-18-16-22(17-19-23)37-30(39)24-12-6-10-20-11-7-13-25(28(20)24)32(41)42/h1-19,29H,(H,37,39)(H,38,40)(H,41,42). The zero-order valence-electron chi connectivity index (χ0n) is 22.3. The second kappa shape index (κ2) is 12.4. The van der Waals surface area contributed by atoms with Crippen molar-refractivity contribution in [2.45, 2.75) is 16.3 Å². The summed E-state index contributed by atoms with van der Waals surface area (Å²) >= 11 is 1.14. The summed E-state index contributed by atoms with van der Waals surface area (Å²) in [7, 11) is 0. The van der Waals surface area contributed by atoms with E-state index < -0.39 is 34.8 Å². The monoisotopic (exact) mass is 600 g/mol. The lowest BCUT2D eigenvalue weighted by Crippen LogP contribution is -2.21. The van der Waals surface area contributed by atoms with E-state index in [1.165, 1.54) is 24.3 Å². The first kappa shape index (κ1) is 29.4. The number of carboxylic acid groups (broad SMARTS) is 1. The molecule has 0 aliphatic rings. The Morgan fingerprint density at radius 2 is 1.33 bits per heavy atom. The third-order valence-electron chi connectivity index (χ3n) is 6.58. The number of aromatic carboxylic acids is 1. The molecule has 0 saturated heterocycles. The molecule has 1 atom stereocenters. The predicted molar refractivity (Wildman–Crippen MR) is 160 cm³/mol. The first-order valence-corrected chi connectivity index (χ1v) is 13.8. The van der Waals surface area contributed by atoms with Crippen molar-refractivity contribution in [2.75, 3.05) is 10.6 Å². The number of benzene rings is 5. The number of para-hydroxylation sites is 1. The summed E-state index contributed by atoms with van der Waals surface area (Å²) in [5.74, 6) is -2.27. The topological polar surface area (TPSA) is 95.5 Å². The average molecular weight is 601 g/mol. The molecule has 43 heavy (non-hydrogen) atoms. The van der Waals surface area contributed by atoms with Gasteiger partial charge in [-0.05, 0) is 59.5 Å². The van der Waals surface area contributed by atoms with Crippen LogP contribution in [0, 0.1) is 0 Å². The van der Waals surface area contributed by atoms with Crippen molar-refractivity contribution in [2.24, 2.45) is 0 Å². The second-order valence-corrected chi connectivity index (χ2v) is 10.6. The highest BCUT2D eigenvalue weighted by Gasteiger charge is 2.34. The molecule has 0 radical (unpaired) electrons. The number of fused-ring (bicyclic) bond motifs is 1. The average Bonchev–Trinajstić information content (AvgIpc) is 3.00. The molecule has 5 aromatic carbocycles. The van der Waals surface area contributed by atoms with Gasteiger partial charge in [-0.3, -0.25) is 9.59 Å². The van der Waals surface area contributed by atoms with Crippen LogP contribution in [0.2, 0.25) is 0 Å². The highest BCUT2D eigenvalue weighted by Crippen LogP contribution is 2.39. The molecule has 3 N–H and O–H groups in total. The van der Waals surface area contributed by atoms with Crippen molar-refractivity contribution in [1.29, 1.82) is 0 Å². The minimum absolute atomic E-state index is 0.0121. The van der Waals surface area contributed by atoms with Crippen LogP contribution in [0.1, 0.15) is 37.1 Å². The van der Waals surface area contributed by atoms with Crippen molar-refractivity contribution < 1.29 is 32.7 Å². The fourth-order valence-corrected chi connectivity index (χ4v) is 5.62. The Kier molecular flexibility index (Phi) is 8.49. The Labute approximate surface area is 248 Å². The van der Waals surface area contributed by atoms with Crippen LogP contribution in [0.25, 0.3) is 10.8 Å². The minimum atomic E-state index is -4.64. The van der Waals surface area contributed by atoms with E-state index in [0.29, 0.717) is 26.9 Å². The van der Waals surface area contributed by atoms with Crippen molar-refractivity contribution in [3.8, 4) is 0 Å². The molecule has 0 aliphatic carbocycles. The van der Waals surface area contributed by atoms with E-state index in [1.54, 1.807) is 84.9 Å². The van der Waals surface area contributed by atoms with E-state index in [4.69, 9.17) is 0 Å². The van der Waals surface area contributed by atoms with Crippen LogP contribution >= 0.6 is 11.8 Å². The van der Waals surface area contributed by atoms with Gasteiger partial charge in [-0.15, -0.1) is 11.8 Å². The largest absolute Gasteiger partial charge is 0.478 e. The molecule has 6 nitrogen and oxygen atoms in total. The molecular formula is C33H23F3N2O4S. The van der Waals surface area contributed by atoms with E-state index in [0.717, 1.165) is 17.8 Å². The Morgan fingerprint density at radius 1 is 0.698 bits per heavy atom. The van der Waals surface area contributed by atoms with Crippen LogP contribution in [-0.2, 0) is 11.0 Å². The maximum Gasteiger partial charge on any atom is 0.418 e. The zero-order chi connectivity index (χ0) is 30.6. The number of halogens is 3. The number of rotatable bonds is 8. The van der Waals surface area contributed by atoms with Gasteiger partial charge in [0.25, 0.3) is 5.91 Å². The Morgan fingerprint density at radius 3 is 1.98 bits per heavy atom. The van der Waals surface area contributed by atoms with Crippen LogP contribution in [0.5, 0.6) is 0 Å². The van der Waals surface area contributed by atoms with Crippen molar-refractivity contribution in [3.63, 3.8) is 0 Å². The molecule has 1 unspecified atom stereocenters. The normalized spacial score (nSPS) is 12.0. The molecule has 0 fully saturated rings. The van der Waals surface area contributed by atoms with Crippen molar-refractivity contribution in [1.82, 2.24) is 0 Å². The summed E-state index contributed by atoms with van der Waals surface area (Å²) in [6, 6.07) is 29.8. The summed E-state index contributed by atoms with van der Waals surface area (Å²) in [6.07, 6.45) is -4.64. The van der Waals surface area contributed by atoms with Gasteiger partial charge >= 0.3 is 12.1 Å². The minimum Gasteiger partial charge on any atom is -0.478 e. The fourth-order valence-electron chi connectivity index (χ4n) is 4.60. The number of carboxylic acids is 1. The van der Waals surface area contributed by atoms with Crippen LogP contribution in [0.15, 0.2) is 120 Å². The number of amides is 2. The maximum atomic E-state index is 13.5. The number of carbonyl (C=O) groups is 3. The van der Waals surface area contributed by atoms with Crippen molar-refractivity contribution >= 4 is 51.7 Å². The Bertz CT molecular complexity index is 1800. The summed E-state index contributed by atoms with van der Waals surface area (Å²) in [6.45, 7) is 0. The lowest BCUT2D eigenvalue weighted by Gasteiger charge is -2.19. The summed E-state index contributed by atoms with van der Waals surface area (Å²) in [5, 5.41) is 14.9. The molecule has 0 aromatic heterocycles. The molecule has 0 heterocycles. The molecule has 0 saturated carbocycles. The highest BCUT2D eigenvalue weighted by molar-refractivity contribution is 8.00. The van der Waals surface area contributed by atoms with E-state index in [1.807, 2.05) is 0 Å². The molecule has 216 valence electrons. The number of thioether (sulfide) groups is 1. The summed E-state index contributed by atoms with van der Waals surface area (Å²) < 4.78 is 40.6. The van der Waals surface area contributed by atoms with E-state index in [2.05, 4.69) is 10.6 Å². The molecule has 5 aromatic rings. The molecule has 2 amide bonds. The van der Waals surface area contributed by atoms with Gasteiger partial charge in [-0.2, -0.15) is 13.2 Å². The van der Waals surface area contributed by atoms with Gasteiger partial charge in [0.1, 0.15) is 5.25 Å². The summed E-state index contributed by atoms with van der Waals surface area (Å²) in [5.41, 5.74) is -0.0379. The third-order valence-corrected chi connectivity index (χ3v) is 7.84. The summed E-state index contributed by atoms with van der Waals surface area (Å²) in [4.78, 5) is 38.9. The predicted octanol–water partition coefficient (Wildman–Crippen LogP) is 8.28. The first-order chi connectivity index (χ1) is 20.6. The van der Waals surface area contributed by atoms with Crippen LogP contribution in [-0.4, -0.2) is 22.9 Å². The number of hydrogen-bond donors (Lipinski definition) is 3. The van der Waals surface area contributed by atoms with E-state index >= 15 is 0 Å². The lowest BCUT2D eigenvalue weighted by atomic mass is 9.98. The lowest BCUT2D eigenvalue weighted by molar-refractivity contribution is -0.137. The van der Waals surface area contributed by atoms with Gasteiger partial charge in [0.2, 0.25) is 5.91 Å². The Hall–Kier alpha value is -5.09. The number of alkyl halides is 3. The van der Waals surface area contributed by atoms with Crippen LogP contribution in [0.3, 0.4) is 0 Å². The molecule has 5 rings (SSSR count). The fraction of sp³-hybridized carbons (Fsp3) is 0.0606. The quantitative estimate of drug-likeness (QED) is 0.156. The second-order valence-electron chi connectivity index (χ2n) is 9.43. The highest BCUT2D eigenvalue weighted by atomic mass is 32.2. The van der Waals surface area contributed by atoms with Gasteiger partial charge in [-0.25, -0.2) is 4.79 Å². The first-order valence-electron chi connectivity index (χ1n) is 13.0. The number of anilines is 2. The van der Waals surface area contributed by atoms with Gasteiger partial charge in [-0.1, -0.05) is 66.7 Å². The molecule has 0 bridgehead atoms. The van der Waals surface area contributed by atoms with Gasteiger partial charge in [0.15, 0.2) is 0 Å². The van der Waals surface area contributed by atoms with Gasteiger partial charge < -0.3 is 15.7 Å². The number of nitrogens with one attached hydrogen (secondary N) is 2. The van der Waals surface area contributed by atoms with E-state index in [-0.39, 0.29) is 16.8 Å². The van der Waals surface area contributed by atoms with Crippen LogP contribution < -0.4 is 10.6 Å². The molecule has 10 heteroatoms. The van der Waals surface area contributed by atoms with Crippen molar-refractivity contribution in [3.05, 3.63) is 138 Å². The van der Waals surface area contributed by atoms with Gasteiger partial charge in [0.05, 0.1) is 16.8 Å². The number of hydrogen-bond acceptors (Lipinski definition) is 4. The molecule has 0 spiro atoms. The van der Waals surface area contributed by atoms with Gasteiger partial charge in [0, 0.05) is 21.5 Å². The molecular weight excluding hydrogens is 577 g/mol. The number of carbonyl (C=O) groups excluding carboxylic acids is 2. The van der Waals surface area contributed by atoms with Crippen LogP contribution in [0.4, 0.5) is 24.5 Å². The molecule has 0 aliphatic heterocycles. The maximum absolute atomic E-state index is 13.5. The smallest absolute Gasteiger partial charge is 0.418 e. The van der Waals surface area contributed by atoms with E-state index in [9.17, 15) is 32.7 Å². The zero-order valence-corrected chi connectivity index (χ0v) is 23.1. The SMILES string of the molecule is O=C(O)c1cccc2cccc(C(=O)Nc3ccc(SC(C(=O)Nc4ccccc4C(F)(F)F)c4ccccc4)cc3)c12. The Balaban J connectivity index is 1.37. The third kappa shape index (κ3) is 6.70.